The van der Waals surface area contributed by atoms with Gasteiger partial charge in [-0.1, -0.05) is 23.9 Å². The molecule has 0 saturated heterocycles. The second kappa shape index (κ2) is 5.17. The van der Waals surface area contributed by atoms with Crippen LogP contribution in [0.4, 0.5) is 10.1 Å². The summed E-state index contributed by atoms with van der Waals surface area (Å²) in [5.74, 6) is 0.277. The van der Waals surface area contributed by atoms with Gasteiger partial charge in [-0.2, -0.15) is 0 Å². The summed E-state index contributed by atoms with van der Waals surface area (Å²) in [6, 6.07) is 11.0. The van der Waals surface area contributed by atoms with Gasteiger partial charge in [-0.3, -0.25) is 0 Å². The van der Waals surface area contributed by atoms with Crippen molar-refractivity contribution in [3.63, 3.8) is 0 Å². The highest BCUT2D eigenvalue weighted by Crippen LogP contribution is 2.24. The first kappa shape index (κ1) is 13.0. The largest absolute Gasteiger partial charge is 0.396 e. The molecule has 0 atom stereocenters. The molecule has 0 aliphatic heterocycles. The van der Waals surface area contributed by atoms with E-state index < -0.39 is 0 Å². The molecular weight excluding hydrogens is 273 g/mol. The van der Waals surface area contributed by atoms with E-state index in [0.29, 0.717) is 5.75 Å². The number of nitrogens with two attached hydrogens (primary N) is 1. The van der Waals surface area contributed by atoms with Crippen LogP contribution in [0, 0.1) is 12.7 Å². The highest BCUT2D eigenvalue weighted by atomic mass is 32.2. The monoisotopic (exact) mass is 287 g/mol. The van der Waals surface area contributed by atoms with Crippen LogP contribution in [0.1, 0.15) is 11.1 Å². The summed E-state index contributed by atoms with van der Waals surface area (Å²) >= 11 is 1.55. The zero-order valence-corrected chi connectivity index (χ0v) is 11.8. The van der Waals surface area contributed by atoms with E-state index in [-0.39, 0.29) is 11.5 Å². The minimum Gasteiger partial charge on any atom is -0.396 e. The summed E-state index contributed by atoms with van der Waals surface area (Å²) in [5.41, 5.74) is 9.69. The van der Waals surface area contributed by atoms with Crippen molar-refractivity contribution in [2.75, 3.05) is 5.73 Å². The first-order chi connectivity index (χ1) is 9.61. The molecule has 5 heteroatoms. The predicted octanol–water partition coefficient (Wildman–Crippen LogP) is 3.88. The van der Waals surface area contributed by atoms with Crippen molar-refractivity contribution in [1.82, 2.24) is 9.97 Å². The van der Waals surface area contributed by atoms with E-state index in [2.05, 4.69) is 16.0 Å². The number of imidazole rings is 1. The lowest BCUT2D eigenvalue weighted by Gasteiger charge is -2.01. The summed E-state index contributed by atoms with van der Waals surface area (Å²) < 4.78 is 13.4. The summed E-state index contributed by atoms with van der Waals surface area (Å²) in [4.78, 5) is 7.76. The number of H-pyrrole nitrogens is 1. The van der Waals surface area contributed by atoms with E-state index >= 15 is 0 Å². The van der Waals surface area contributed by atoms with Gasteiger partial charge in [-0.15, -0.1) is 0 Å². The predicted molar refractivity (Wildman–Crippen MR) is 81.2 cm³/mol. The van der Waals surface area contributed by atoms with Crippen molar-refractivity contribution >= 4 is 28.5 Å². The maximum absolute atomic E-state index is 13.4. The number of halogens is 1. The smallest absolute Gasteiger partial charge is 0.166 e. The molecule has 20 heavy (non-hydrogen) atoms. The Bertz CT molecular complexity index is 767. The number of hydrogen-bond acceptors (Lipinski definition) is 3. The van der Waals surface area contributed by atoms with Crippen LogP contribution in [0.25, 0.3) is 11.0 Å². The minimum atomic E-state index is -0.372. The van der Waals surface area contributed by atoms with Crippen molar-refractivity contribution < 1.29 is 4.39 Å². The molecule has 0 saturated carbocycles. The summed E-state index contributed by atoms with van der Waals surface area (Å²) in [6.07, 6.45) is 0. The van der Waals surface area contributed by atoms with Gasteiger partial charge < -0.3 is 10.7 Å². The molecule has 3 rings (SSSR count). The fourth-order valence-corrected chi connectivity index (χ4v) is 2.81. The van der Waals surface area contributed by atoms with Crippen LogP contribution in [0.3, 0.4) is 0 Å². The molecule has 3 aromatic rings. The molecule has 3 N–H and O–H groups in total. The molecule has 0 spiro atoms. The fourth-order valence-electron chi connectivity index (χ4n) is 1.98. The molecule has 0 bridgehead atoms. The van der Waals surface area contributed by atoms with E-state index in [4.69, 9.17) is 5.73 Å². The number of nitrogen functional groups attached to an aromatic ring is 1. The Morgan fingerprint density at radius 2 is 2.10 bits per heavy atom. The van der Waals surface area contributed by atoms with Crippen LogP contribution in [-0.2, 0) is 5.75 Å². The maximum Gasteiger partial charge on any atom is 0.166 e. The number of aromatic amines is 1. The maximum atomic E-state index is 13.4. The van der Waals surface area contributed by atoms with Gasteiger partial charge in [-0.25, -0.2) is 9.37 Å². The van der Waals surface area contributed by atoms with E-state index in [1.807, 2.05) is 25.1 Å². The Balaban J connectivity index is 1.77. The molecule has 1 aromatic heterocycles. The number of hydrogen-bond donors (Lipinski definition) is 2. The molecule has 0 aliphatic rings. The lowest BCUT2D eigenvalue weighted by atomic mass is 10.2. The van der Waals surface area contributed by atoms with Gasteiger partial charge in [0.15, 0.2) is 5.16 Å². The molecule has 2 aromatic carbocycles. The topological polar surface area (TPSA) is 54.7 Å². The zero-order chi connectivity index (χ0) is 14.1. The zero-order valence-electron chi connectivity index (χ0n) is 11.0. The fraction of sp³-hybridized carbons (Fsp3) is 0.133. The average molecular weight is 287 g/mol. The number of aromatic nitrogens is 2. The third-order valence-electron chi connectivity index (χ3n) is 3.06. The Labute approximate surface area is 120 Å². The Morgan fingerprint density at radius 1 is 1.25 bits per heavy atom. The van der Waals surface area contributed by atoms with Crippen molar-refractivity contribution in [3.8, 4) is 0 Å². The third kappa shape index (κ3) is 2.63. The van der Waals surface area contributed by atoms with Gasteiger partial charge in [-0.05, 0) is 42.3 Å². The number of rotatable bonds is 3. The Morgan fingerprint density at radius 3 is 2.90 bits per heavy atom. The van der Waals surface area contributed by atoms with Gasteiger partial charge in [0.05, 0.1) is 16.7 Å². The van der Waals surface area contributed by atoms with Crippen molar-refractivity contribution in [3.05, 3.63) is 53.3 Å². The van der Waals surface area contributed by atoms with E-state index in [9.17, 15) is 4.39 Å². The molecule has 102 valence electrons. The third-order valence-corrected chi connectivity index (χ3v) is 4.00. The normalized spacial score (nSPS) is 11.1. The molecule has 0 radical (unpaired) electrons. The van der Waals surface area contributed by atoms with Crippen molar-refractivity contribution in [2.24, 2.45) is 0 Å². The SMILES string of the molecule is Cc1ccc2nc(SCc3ccc(N)c(F)c3)[nH]c2c1. The van der Waals surface area contributed by atoms with Crippen molar-refractivity contribution in [2.45, 2.75) is 17.8 Å². The van der Waals surface area contributed by atoms with Gasteiger partial charge in [0.1, 0.15) is 5.82 Å². The Kier molecular flexibility index (Phi) is 3.36. The van der Waals surface area contributed by atoms with Crippen LogP contribution < -0.4 is 5.73 Å². The minimum absolute atomic E-state index is 0.179. The highest BCUT2D eigenvalue weighted by Gasteiger charge is 2.05. The van der Waals surface area contributed by atoms with Gasteiger partial charge in [0.2, 0.25) is 0 Å². The van der Waals surface area contributed by atoms with E-state index in [1.54, 1.807) is 17.8 Å². The van der Waals surface area contributed by atoms with Crippen LogP contribution >= 0.6 is 11.8 Å². The molecular formula is C15H14FN3S. The number of fused-ring (bicyclic) bond motifs is 1. The summed E-state index contributed by atoms with van der Waals surface area (Å²) in [5, 5.41) is 0.836. The number of anilines is 1. The summed E-state index contributed by atoms with van der Waals surface area (Å²) in [6.45, 7) is 2.05. The standard InChI is InChI=1S/C15H14FN3S/c1-9-2-5-13-14(6-9)19-15(18-13)20-8-10-3-4-12(17)11(16)7-10/h2-7H,8,17H2,1H3,(H,18,19). The molecule has 0 amide bonds. The lowest BCUT2D eigenvalue weighted by molar-refractivity contribution is 0.631. The van der Waals surface area contributed by atoms with Crippen LogP contribution in [0.15, 0.2) is 41.6 Å². The first-order valence-corrected chi connectivity index (χ1v) is 7.23. The van der Waals surface area contributed by atoms with E-state index in [0.717, 1.165) is 21.8 Å². The van der Waals surface area contributed by atoms with Gasteiger partial charge >= 0.3 is 0 Å². The van der Waals surface area contributed by atoms with Crippen LogP contribution in [-0.4, -0.2) is 9.97 Å². The van der Waals surface area contributed by atoms with Crippen LogP contribution in [0.5, 0.6) is 0 Å². The first-order valence-electron chi connectivity index (χ1n) is 6.25. The van der Waals surface area contributed by atoms with Crippen molar-refractivity contribution in [1.29, 1.82) is 0 Å². The second-order valence-electron chi connectivity index (χ2n) is 4.71. The van der Waals surface area contributed by atoms with Crippen LogP contribution in [0.2, 0.25) is 0 Å². The lowest BCUT2D eigenvalue weighted by Crippen LogP contribution is -1.91. The number of nitrogens with one attached hydrogen (secondary N) is 1. The molecule has 3 nitrogen and oxygen atoms in total. The van der Waals surface area contributed by atoms with Gasteiger partial charge in [0, 0.05) is 5.75 Å². The number of nitrogens with zero attached hydrogens (tertiary/aromatic N) is 1. The quantitative estimate of drug-likeness (QED) is 0.567. The molecule has 0 unspecified atom stereocenters. The molecule has 0 fully saturated rings. The van der Waals surface area contributed by atoms with Gasteiger partial charge in [0.25, 0.3) is 0 Å². The number of thioether (sulfide) groups is 1. The molecule has 0 aliphatic carbocycles. The Hall–Kier alpha value is -2.01. The average Bonchev–Trinajstić information content (AvgIpc) is 2.82. The number of benzene rings is 2. The molecule has 1 heterocycles. The number of aryl methyl sites for hydroxylation is 1. The highest BCUT2D eigenvalue weighted by molar-refractivity contribution is 7.98. The second-order valence-corrected chi connectivity index (χ2v) is 5.67. The summed E-state index contributed by atoms with van der Waals surface area (Å²) in [7, 11) is 0. The van der Waals surface area contributed by atoms with E-state index in [1.165, 1.54) is 11.6 Å².